The molecule has 4 nitrogen and oxygen atoms in total. The molecule has 1 N–H and O–H groups in total. The van der Waals surface area contributed by atoms with Crippen molar-refractivity contribution in [3.05, 3.63) is 64.9 Å². The van der Waals surface area contributed by atoms with Crippen LogP contribution >= 0.6 is 48.8 Å². The van der Waals surface area contributed by atoms with E-state index in [2.05, 4.69) is 51.2 Å². The molecule has 2 aromatic carbocycles. The summed E-state index contributed by atoms with van der Waals surface area (Å²) >= 11 is 6.16. The molecule has 1 aliphatic rings. The predicted molar refractivity (Wildman–Crippen MR) is 120 cm³/mol. The number of halogens is 4. The zero-order chi connectivity index (χ0) is 16.4. The molecule has 0 amide bonds. The molecular formula is C19H24Cl4N4. The number of nitrogens with one attached hydrogen (secondary N) is 1. The van der Waals surface area contributed by atoms with Gasteiger partial charge in [0, 0.05) is 37.7 Å². The average molecular weight is 450 g/mol. The van der Waals surface area contributed by atoms with Crippen LogP contribution in [0.4, 0.5) is 0 Å². The summed E-state index contributed by atoms with van der Waals surface area (Å²) in [7, 11) is 0. The second kappa shape index (κ2) is 11.1. The maximum atomic E-state index is 6.16. The molecule has 0 bridgehead atoms. The van der Waals surface area contributed by atoms with Gasteiger partial charge < -0.3 is 9.88 Å². The molecule has 0 spiro atoms. The van der Waals surface area contributed by atoms with Crippen molar-refractivity contribution in [2.45, 2.75) is 13.1 Å². The quantitative estimate of drug-likeness (QED) is 0.640. The lowest BCUT2D eigenvalue weighted by atomic mass is 10.2. The maximum absolute atomic E-state index is 6.16. The fraction of sp³-hybridized carbons (Fsp3) is 0.316. The fourth-order valence-corrected chi connectivity index (χ4v) is 3.45. The van der Waals surface area contributed by atoms with Crippen LogP contribution in [0.25, 0.3) is 11.0 Å². The number of piperazine rings is 1. The maximum Gasteiger partial charge on any atom is 0.124 e. The number of imidazole rings is 1. The molecule has 27 heavy (non-hydrogen) atoms. The molecule has 2 heterocycles. The smallest absolute Gasteiger partial charge is 0.124 e. The van der Waals surface area contributed by atoms with Gasteiger partial charge in [0.05, 0.1) is 17.6 Å². The van der Waals surface area contributed by atoms with Gasteiger partial charge in [0.2, 0.25) is 0 Å². The van der Waals surface area contributed by atoms with Crippen molar-refractivity contribution in [3.8, 4) is 0 Å². The first-order valence-electron chi connectivity index (χ1n) is 8.41. The number of hydrogen-bond acceptors (Lipinski definition) is 3. The molecule has 1 aromatic heterocycles. The van der Waals surface area contributed by atoms with Crippen LogP contribution in [0.5, 0.6) is 0 Å². The third-order valence-corrected chi connectivity index (χ3v) is 4.78. The second-order valence-corrected chi connectivity index (χ2v) is 6.70. The normalized spacial score (nSPS) is 14.1. The van der Waals surface area contributed by atoms with Gasteiger partial charge in [-0.25, -0.2) is 4.98 Å². The topological polar surface area (TPSA) is 33.1 Å². The second-order valence-electron chi connectivity index (χ2n) is 6.26. The Kier molecular flexibility index (Phi) is 9.88. The fourth-order valence-electron chi connectivity index (χ4n) is 3.29. The van der Waals surface area contributed by atoms with Gasteiger partial charge in [-0.15, -0.1) is 37.2 Å². The highest BCUT2D eigenvalue weighted by atomic mass is 35.5. The monoisotopic (exact) mass is 448 g/mol. The Morgan fingerprint density at radius 1 is 0.926 bits per heavy atom. The van der Waals surface area contributed by atoms with Crippen LogP contribution in [0.15, 0.2) is 48.5 Å². The van der Waals surface area contributed by atoms with Gasteiger partial charge in [-0.2, -0.15) is 0 Å². The first-order valence-corrected chi connectivity index (χ1v) is 8.79. The highest BCUT2D eigenvalue weighted by Crippen LogP contribution is 2.22. The Morgan fingerprint density at radius 2 is 1.63 bits per heavy atom. The molecule has 0 atom stereocenters. The first-order chi connectivity index (χ1) is 11.8. The molecule has 0 saturated carbocycles. The minimum absolute atomic E-state index is 0. The highest BCUT2D eigenvalue weighted by Gasteiger charge is 2.16. The summed E-state index contributed by atoms with van der Waals surface area (Å²) in [6.45, 7) is 5.93. The van der Waals surface area contributed by atoms with Crippen LogP contribution in [-0.4, -0.2) is 40.6 Å². The SMILES string of the molecule is Cl.Cl.Cl.Clc1ccc2c(c1)nc(CN1CCNCC1)n2Cc1ccccc1. The summed E-state index contributed by atoms with van der Waals surface area (Å²) in [6.07, 6.45) is 0. The molecule has 4 rings (SSSR count). The van der Waals surface area contributed by atoms with Gasteiger partial charge in [-0.3, -0.25) is 4.90 Å². The van der Waals surface area contributed by atoms with E-state index in [0.29, 0.717) is 0 Å². The number of hydrogen-bond donors (Lipinski definition) is 1. The number of benzene rings is 2. The van der Waals surface area contributed by atoms with Crippen molar-refractivity contribution < 1.29 is 0 Å². The Morgan fingerprint density at radius 3 is 2.33 bits per heavy atom. The molecule has 1 fully saturated rings. The van der Waals surface area contributed by atoms with E-state index in [9.17, 15) is 0 Å². The Labute approximate surface area is 183 Å². The van der Waals surface area contributed by atoms with Crippen molar-refractivity contribution in [2.24, 2.45) is 0 Å². The van der Waals surface area contributed by atoms with Crippen molar-refractivity contribution in [2.75, 3.05) is 26.2 Å². The van der Waals surface area contributed by atoms with Crippen LogP contribution in [-0.2, 0) is 13.1 Å². The van der Waals surface area contributed by atoms with E-state index in [-0.39, 0.29) is 37.2 Å². The molecule has 0 aliphatic carbocycles. The summed E-state index contributed by atoms with van der Waals surface area (Å²) in [6, 6.07) is 16.5. The van der Waals surface area contributed by atoms with E-state index < -0.39 is 0 Å². The molecule has 3 aromatic rings. The van der Waals surface area contributed by atoms with Crippen LogP contribution in [0, 0.1) is 0 Å². The molecule has 1 saturated heterocycles. The van der Waals surface area contributed by atoms with Gasteiger partial charge in [-0.05, 0) is 23.8 Å². The largest absolute Gasteiger partial charge is 0.322 e. The Bertz CT molecular complexity index is 832. The van der Waals surface area contributed by atoms with E-state index in [0.717, 1.165) is 61.1 Å². The van der Waals surface area contributed by atoms with Gasteiger partial charge in [0.15, 0.2) is 0 Å². The summed E-state index contributed by atoms with van der Waals surface area (Å²) < 4.78 is 2.32. The van der Waals surface area contributed by atoms with Gasteiger partial charge in [0.1, 0.15) is 5.82 Å². The zero-order valence-electron chi connectivity index (χ0n) is 14.8. The third kappa shape index (κ3) is 5.74. The van der Waals surface area contributed by atoms with E-state index in [1.807, 2.05) is 12.1 Å². The first kappa shape index (κ1) is 24.0. The van der Waals surface area contributed by atoms with Crippen LogP contribution in [0.3, 0.4) is 0 Å². The lowest BCUT2D eigenvalue weighted by Gasteiger charge is -2.27. The molecular weight excluding hydrogens is 426 g/mol. The molecule has 0 radical (unpaired) electrons. The summed E-state index contributed by atoms with van der Waals surface area (Å²) in [5.41, 5.74) is 3.41. The third-order valence-electron chi connectivity index (χ3n) is 4.55. The van der Waals surface area contributed by atoms with Gasteiger partial charge in [-0.1, -0.05) is 41.9 Å². The predicted octanol–water partition coefficient (Wildman–Crippen LogP) is 4.41. The van der Waals surface area contributed by atoms with Crippen molar-refractivity contribution in [1.29, 1.82) is 0 Å². The summed E-state index contributed by atoms with van der Waals surface area (Å²) in [5, 5.41) is 4.14. The van der Waals surface area contributed by atoms with E-state index in [1.54, 1.807) is 0 Å². The zero-order valence-corrected chi connectivity index (χ0v) is 18.0. The van der Waals surface area contributed by atoms with E-state index in [4.69, 9.17) is 16.6 Å². The lowest BCUT2D eigenvalue weighted by Crippen LogP contribution is -2.43. The Balaban J connectivity index is 0.00000121. The van der Waals surface area contributed by atoms with Gasteiger partial charge in [0.25, 0.3) is 0 Å². The number of fused-ring (bicyclic) bond motifs is 1. The minimum Gasteiger partial charge on any atom is -0.322 e. The average Bonchev–Trinajstić information content (AvgIpc) is 2.93. The van der Waals surface area contributed by atoms with Crippen molar-refractivity contribution >= 4 is 59.9 Å². The summed E-state index contributed by atoms with van der Waals surface area (Å²) in [4.78, 5) is 7.34. The Hall–Kier alpha value is -1.01. The van der Waals surface area contributed by atoms with Crippen LogP contribution < -0.4 is 5.32 Å². The van der Waals surface area contributed by atoms with Crippen molar-refractivity contribution in [1.82, 2.24) is 19.8 Å². The molecule has 0 unspecified atom stereocenters. The molecule has 148 valence electrons. The van der Waals surface area contributed by atoms with Gasteiger partial charge >= 0.3 is 0 Å². The molecule has 8 heteroatoms. The summed E-state index contributed by atoms with van der Waals surface area (Å²) in [5.74, 6) is 1.11. The van der Waals surface area contributed by atoms with Crippen molar-refractivity contribution in [3.63, 3.8) is 0 Å². The molecule has 1 aliphatic heterocycles. The number of nitrogens with zero attached hydrogens (tertiary/aromatic N) is 3. The highest BCUT2D eigenvalue weighted by molar-refractivity contribution is 6.31. The van der Waals surface area contributed by atoms with Crippen LogP contribution in [0.2, 0.25) is 5.02 Å². The number of rotatable bonds is 4. The number of aromatic nitrogens is 2. The standard InChI is InChI=1S/C19H21ClN4.3ClH/c20-16-6-7-18-17(12-16)22-19(14-23-10-8-21-9-11-23)24(18)13-15-4-2-1-3-5-15;;;/h1-7,12,21H,8-11,13-14H2;3*1H. The lowest BCUT2D eigenvalue weighted by molar-refractivity contribution is 0.226. The minimum atomic E-state index is 0. The van der Waals surface area contributed by atoms with Crippen LogP contribution in [0.1, 0.15) is 11.4 Å². The van der Waals surface area contributed by atoms with E-state index >= 15 is 0 Å². The van der Waals surface area contributed by atoms with E-state index in [1.165, 1.54) is 5.56 Å².